The highest BCUT2D eigenvalue weighted by Gasteiger charge is 2.27. The van der Waals surface area contributed by atoms with Gasteiger partial charge in [-0.1, -0.05) is 20.8 Å². The van der Waals surface area contributed by atoms with Crippen molar-refractivity contribution in [3.05, 3.63) is 22.0 Å². The number of fused-ring (bicyclic) bond motifs is 1. The molecule has 7 nitrogen and oxygen atoms in total. The van der Waals surface area contributed by atoms with E-state index in [0.717, 1.165) is 40.1 Å². The van der Waals surface area contributed by atoms with E-state index in [2.05, 4.69) is 31.1 Å². The highest BCUT2D eigenvalue weighted by molar-refractivity contribution is 7.20. The van der Waals surface area contributed by atoms with Crippen LogP contribution in [0.4, 0.5) is 4.79 Å². The molecule has 2 aromatic heterocycles. The molecule has 0 spiro atoms. The van der Waals surface area contributed by atoms with Crippen LogP contribution in [0.5, 0.6) is 0 Å². The first-order valence-corrected chi connectivity index (χ1v) is 10.9. The van der Waals surface area contributed by atoms with Crippen molar-refractivity contribution in [1.82, 2.24) is 20.2 Å². The molecule has 158 valence electrons. The number of hydrogen-bond acceptors (Lipinski definition) is 6. The van der Waals surface area contributed by atoms with Gasteiger partial charge in [0.25, 0.3) is 5.91 Å². The third-order valence-electron chi connectivity index (χ3n) is 5.20. The molecule has 0 radical (unpaired) electrons. The minimum absolute atomic E-state index is 0.0510. The molecule has 8 heteroatoms. The number of piperidine rings is 1. The molecule has 0 saturated carbocycles. The van der Waals surface area contributed by atoms with E-state index in [1.54, 1.807) is 11.8 Å². The van der Waals surface area contributed by atoms with Crippen molar-refractivity contribution in [1.29, 1.82) is 0 Å². The minimum Gasteiger partial charge on any atom is -0.450 e. The summed E-state index contributed by atoms with van der Waals surface area (Å²) in [5.74, 6) is 0.721. The van der Waals surface area contributed by atoms with Crippen molar-refractivity contribution >= 4 is 33.6 Å². The first-order valence-electron chi connectivity index (χ1n) is 10.1. The number of nitrogens with one attached hydrogen (secondary N) is 1. The number of aryl methyl sites for hydroxylation is 2. The van der Waals surface area contributed by atoms with E-state index in [1.807, 2.05) is 13.8 Å². The van der Waals surface area contributed by atoms with Crippen molar-refractivity contribution < 1.29 is 14.3 Å². The lowest BCUT2D eigenvalue weighted by molar-refractivity contribution is 0.0862. The largest absolute Gasteiger partial charge is 0.450 e. The van der Waals surface area contributed by atoms with E-state index in [-0.39, 0.29) is 23.5 Å². The van der Waals surface area contributed by atoms with Gasteiger partial charge < -0.3 is 15.0 Å². The van der Waals surface area contributed by atoms with Gasteiger partial charge in [0, 0.05) is 29.9 Å². The summed E-state index contributed by atoms with van der Waals surface area (Å²) in [6, 6.07) is 0.0510. The number of rotatable bonds is 3. The lowest BCUT2D eigenvalue weighted by atomic mass is 9.95. The minimum atomic E-state index is -0.277. The molecule has 2 amide bonds. The summed E-state index contributed by atoms with van der Waals surface area (Å²) in [5, 5.41) is 4.11. The Morgan fingerprint density at radius 2 is 1.86 bits per heavy atom. The maximum atomic E-state index is 13.0. The zero-order valence-electron chi connectivity index (χ0n) is 18.1. The van der Waals surface area contributed by atoms with Gasteiger partial charge in [-0.05, 0) is 39.2 Å². The Morgan fingerprint density at radius 1 is 1.21 bits per heavy atom. The molecule has 3 rings (SSSR count). The Hall–Kier alpha value is -2.22. The maximum Gasteiger partial charge on any atom is 0.409 e. The van der Waals surface area contributed by atoms with Gasteiger partial charge in [-0.25, -0.2) is 14.8 Å². The Morgan fingerprint density at radius 3 is 2.45 bits per heavy atom. The zero-order chi connectivity index (χ0) is 21.3. The fourth-order valence-corrected chi connectivity index (χ4v) is 4.70. The molecule has 1 aliphatic heterocycles. The number of hydrogen-bond donors (Lipinski definition) is 1. The molecule has 0 atom stereocenters. The Balaban J connectivity index is 1.74. The molecule has 2 aromatic rings. The Labute approximate surface area is 175 Å². The molecule has 0 aliphatic carbocycles. The van der Waals surface area contributed by atoms with Gasteiger partial charge in [0.15, 0.2) is 0 Å². The normalized spacial score (nSPS) is 15.6. The van der Waals surface area contributed by atoms with Crippen LogP contribution in [0.2, 0.25) is 0 Å². The van der Waals surface area contributed by atoms with Gasteiger partial charge in [0.05, 0.1) is 17.2 Å². The van der Waals surface area contributed by atoms with Crippen LogP contribution in [-0.4, -0.2) is 52.6 Å². The monoisotopic (exact) mass is 418 g/mol. The highest BCUT2D eigenvalue weighted by atomic mass is 32.1. The quantitative estimate of drug-likeness (QED) is 0.816. The molecule has 1 aliphatic rings. The summed E-state index contributed by atoms with van der Waals surface area (Å²) >= 11 is 1.43. The lowest BCUT2D eigenvalue weighted by Crippen LogP contribution is -2.46. The highest BCUT2D eigenvalue weighted by Crippen LogP contribution is 2.33. The van der Waals surface area contributed by atoms with Gasteiger partial charge in [-0.3, -0.25) is 4.79 Å². The molecule has 3 heterocycles. The second kappa shape index (κ2) is 8.26. The standard InChI is InChI=1S/C21H30N4O3S/c1-7-28-20(27)25-10-8-14(9-11-25)23-17(26)16-12(2)15-13(3)22-19(21(4,5)6)24-18(15)29-16/h14H,7-11H2,1-6H3,(H,23,26). The number of nitrogens with zero attached hydrogens (tertiary/aromatic N) is 3. The van der Waals surface area contributed by atoms with Gasteiger partial charge in [0.2, 0.25) is 0 Å². The van der Waals surface area contributed by atoms with E-state index in [0.29, 0.717) is 24.6 Å². The molecule has 29 heavy (non-hydrogen) atoms. The predicted molar refractivity (Wildman–Crippen MR) is 115 cm³/mol. The van der Waals surface area contributed by atoms with E-state index < -0.39 is 0 Å². The second-order valence-electron chi connectivity index (χ2n) is 8.55. The number of ether oxygens (including phenoxy) is 1. The Bertz CT molecular complexity index is 924. The van der Waals surface area contributed by atoms with Crippen LogP contribution >= 0.6 is 11.3 Å². The molecule has 1 N–H and O–H groups in total. The summed E-state index contributed by atoms with van der Waals surface area (Å²) in [6.45, 7) is 13.6. The average molecular weight is 419 g/mol. The summed E-state index contributed by atoms with van der Waals surface area (Å²) in [7, 11) is 0. The van der Waals surface area contributed by atoms with Gasteiger partial charge in [-0.15, -0.1) is 11.3 Å². The first-order chi connectivity index (χ1) is 13.6. The lowest BCUT2D eigenvalue weighted by Gasteiger charge is -2.31. The average Bonchev–Trinajstić information content (AvgIpc) is 2.99. The summed E-state index contributed by atoms with van der Waals surface area (Å²) in [5.41, 5.74) is 1.70. The van der Waals surface area contributed by atoms with Gasteiger partial charge >= 0.3 is 6.09 Å². The van der Waals surface area contributed by atoms with Crippen LogP contribution in [-0.2, 0) is 10.2 Å². The van der Waals surface area contributed by atoms with Crippen molar-refractivity contribution in [2.75, 3.05) is 19.7 Å². The summed E-state index contributed by atoms with van der Waals surface area (Å²) < 4.78 is 5.05. The van der Waals surface area contributed by atoms with E-state index >= 15 is 0 Å². The fraction of sp³-hybridized carbons (Fsp3) is 0.619. The van der Waals surface area contributed by atoms with Crippen LogP contribution < -0.4 is 5.32 Å². The summed E-state index contributed by atoms with van der Waals surface area (Å²) in [6.07, 6.45) is 1.17. The van der Waals surface area contributed by atoms with Gasteiger partial charge in [0.1, 0.15) is 10.7 Å². The first kappa shape index (κ1) is 21.5. The second-order valence-corrected chi connectivity index (χ2v) is 9.55. The SMILES string of the molecule is CCOC(=O)N1CCC(NC(=O)c2sc3nc(C(C)(C)C)nc(C)c3c2C)CC1. The predicted octanol–water partition coefficient (Wildman–Crippen LogP) is 3.96. The topological polar surface area (TPSA) is 84.4 Å². The molecule has 1 fully saturated rings. The number of aromatic nitrogens is 2. The molecular weight excluding hydrogens is 388 g/mol. The zero-order valence-corrected chi connectivity index (χ0v) is 18.9. The van der Waals surface area contributed by atoms with E-state index in [9.17, 15) is 9.59 Å². The Kier molecular flexibility index (Phi) is 6.12. The van der Waals surface area contributed by atoms with Crippen molar-refractivity contribution in [2.45, 2.75) is 65.8 Å². The van der Waals surface area contributed by atoms with Crippen LogP contribution in [0.15, 0.2) is 0 Å². The summed E-state index contributed by atoms with van der Waals surface area (Å²) in [4.78, 5) is 37.5. The molecule has 1 saturated heterocycles. The molecule has 0 unspecified atom stereocenters. The smallest absolute Gasteiger partial charge is 0.409 e. The number of carbonyl (C=O) groups is 2. The number of likely N-dealkylation sites (tertiary alicyclic amines) is 1. The van der Waals surface area contributed by atoms with Crippen molar-refractivity contribution in [3.8, 4) is 0 Å². The third kappa shape index (κ3) is 4.52. The van der Waals surface area contributed by atoms with Crippen LogP contribution in [0.1, 0.15) is 67.3 Å². The molecular formula is C21H30N4O3S. The van der Waals surface area contributed by atoms with Crippen molar-refractivity contribution in [3.63, 3.8) is 0 Å². The van der Waals surface area contributed by atoms with E-state index in [1.165, 1.54) is 11.3 Å². The van der Waals surface area contributed by atoms with Gasteiger partial charge in [-0.2, -0.15) is 0 Å². The number of thiophene rings is 1. The van der Waals surface area contributed by atoms with E-state index in [4.69, 9.17) is 9.72 Å². The maximum absolute atomic E-state index is 13.0. The third-order valence-corrected chi connectivity index (χ3v) is 6.39. The van der Waals surface area contributed by atoms with Crippen LogP contribution in [0, 0.1) is 13.8 Å². The van der Waals surface area contributed by atoms with Crippen molar-refractivity contribution in [2.24, 2.45) is 0 Å². The number of amides is 2. The van der Waals surface area contributed by atoms with Crippen LogP contribution in [0.25, 0.3) is 10.2 Å². The fourth-order valence-electron chi connectivity index (χ4n) is 3.56. The van der Waals surface area contributed by atoms with Crippen LogP contribution in [0.3, 0.4) is 0 Å². The molecule has 0 aromatic carbocycles. The molecule has 0 bridgehead atoms. The number of carbonyl (C=O) groups excluding carboxylic acids is 2.